The first-order valence-corrected chi connectivity index (χ1v) is 4.29. The van der Waals surface area contributed by atoms with Gasteiger partial charge in [-0.05, 0) is 19.2 Å². The lowest BCUT2D eigenvalue weighted by molar-refractivity contribution is -0.108. The average molecular weight is 192 g/mol. The number of aldehydes is 2. The van der Waals surface area contributed by atoms with Crippen molar-refractivity contribution >= 4 is 12.6 Å². The van der Waals surface area contributed by atoms with Gasteiger partial charge in [0, 0.05) is 6.54 Å². The largest absolute Gasteiger partial charge is 0.302 e. The fourth-order valence-electron chi connectivity index (χ4n) is 1.12. The third kappa shape index (κ3) is 3.06. The number of hydrogen-bond donors (Lipinski definition) is 0. The molecule has 0 saturated heterocycles. The van der Waals surface area contributed by atoms with Crippen molar-refractivity contribution in [2.75, 3.05) is 13.6 Å². The molecule has 0 amide bonds. The van der Waals surface area contributed by atoms with Crippen LogP contribution in [0.2, 0.25) is 0 Å². The Hall–Kier alpha value is -1.55. The van der Waals surface area contributed by atoms with Gasteiger partial charge in [-0.25, -0.2) is 4.98 Å². The van der Waals surface area contributed by atoms with E-state index in [1.54, 1.807) is 12.1 Å². The lowest BCUT2D eigenvalue weighted by Crippen LogP contribution is -2.20. The molecule has 0 saturated carbocycles. The number of likely N-dealkylation sites (N-methyl/N-ethyl adjacent to an activating group) is 1. The Kier molecular flexibility index (Phi) is 3.94. The first kappa shape index (κ1) is 10.5. The molecule has 1 rings (SSSR count). The SMILES string of the molecule is CN(CC=O)Cc1cccc(C=O)n1. The highest BCUT2D eigenvalue weighted by Gasteiger charge is 2.01. The number of carbonyl (C=O) groups excluding carboxylic acids is 2. The maximum absolute atomic E-state index is 10.4. The molecule has 1 aromatic rings. The Morgan fingerprint density at radius 2 is 2.21 bits per heavy atom. The van der Waals surface area contributed by atoms with Crippen molar-refractivity contribution in [2.24, 2.45) is 0 Å². The predicted molar refractivity (Wildman–Crippen MR) is 52.0 cm³/mol. The second-order valence-corrected chi connectivity index (χ2v) is 3.04. The summed E-state index contributed by atoms with van der Waals surface area (Å²) in [5.41, 5.74) is 1.21. The summed E-state index contributed by atoms with van der Waals surface area (Å²) in [6.45, 7) is 0.938. The standard InChI is InChI=1S/C10H12N2O2/c1-12(5-6-13)7-9-3-2-4-10(8-14)11-9/h2-4,6,8H,5,7H2,1H3. The number of nitrogens with zero attached hydrogens (tertiary/aromatic N) is 2. The van der Waals surface area contributed by atoms with Crippen molar-refractivity contribution in [1.82, 2.24) is 9.88 Å². The highest BCUT2D eigenvalue weighted by atomic mass is 16.1. The molecule has 4 heteroatoms. The number of carbonyl (C=O) groups is 2. The van der Waals surface area contributed by atoms with E-state index in [9.17, 15) is 9.59 Å². The molecule has 0 atom stereocenters. The minimum atomic E-state index is 0.368. The van der Waals surface area contributed by atoms with Gasteiger partial charge in [0.25, 0.3) is 0 Å². The van der Waals surface area contributed by atoms with Crippen molar-refractivity contribution in [1.29, 1.82) is 0 Å². The number of hydrogen-bond acceptors (Lipinski definition) is 4. The van der Waals surface area contributed by atoms with Gasteiger partial charge in [-0.1, -0.05) is 6.07 Å². The Labute approximate surface area is 82.6 Å². The molecule has 74 valence electrons. The quantitative estimate of drug-likeness (QED) is 0.638. The lowest BCUT2D eigenvalue weighted by atomic mass is 10.3. The molecule has 0 spiro atoms. The third-order valence-electron chi connectivity index (χ3n) is 1.77. The average Bonchev–Trinajstić information content (AvgIpc) is 2.18. The fourth-order valence-corrected chi connectivity index (χ4v) is 1.12. The molecule has 0 unspecified atom stereocenters. The van der Waals surface area contributed by atoms with E-state index in [0.717, 1.165) is 12.0 Å². The summed E-state index contributed by atoms with van der Waals surface area (Å²) in [5.74, 6) is 0. The zero-order valence-corrected chi connectivity index (χ0v) is 8.01. The predicted octanol–water partition coefficient (Wildman–Crippen LogP) is 0.525. The van der Waals surface area contributed by atoms with Gasteiger partial charge < -0.3 is 4.79 Å². The fraction of sp³-hybridized carbons (Fsp3) is 0.300. The first-order valence-electron chi connectivity index (χ1n) is 4.29. The Bertz CT molecular complexity index is 326. The van der Waals surface area contributed by atoms with Crippen LogP contribution in [-0.2, 0) is 11.3 Å². The lowest BCUT2D eigenvalue weighted by Gasteiger charge is -2.11. The van der Waals surface area contributed by atoms with E-state index < -0.39 is 0 Å². The van der Waals surface area contributed by atoms with E-state index in [2.05, 4.69) is 4.98 Å². The highest BCUT2D eigenvalue weighted by Crippen LogP contribution is 2.00. The summed E-state index contributed by atoms with van der Waals surface area (Å²) >= 11 is 0. The molecule has 0 radical (unpaired) electrons. The molecule has 0 fully saturated rings. The maximum atomic E-state index is 10.4. The number of pyridine rings is 1. The van der Waals surface area contributed by atoms with Gasteiger partial charge in [0.2, 0.25) is 0 Å². The summed E-state index contributed by atoms with van der Waals surface area (Å²) in [5, 5.41) is 0. The molecule has 4 nitrogen and oxygen atoms in total. The summed E-state index contributed by atoms with van der Waals surface area (Å²) in [7, 11) is 1.82. The Balaban J connectivity index is 2.66. The molecule has 0 aliphatic carbocycles. The molecular formula is C10H12N2O2. The van der Waals surface area contributed by atoms with Gasteiger partial charge in [-0.3, -0.25) is 9.69 Å². The molecule has 0 N–H and O–H groups in total. The van der Waals surface area contributed by atoms with Crippen LogP contribution in [0.1, 0.15) is 16.2 Å². The zero-order chi connectivity index (χ0) is 10.4. The van der Waals surface area contributed by atoms with Crippen LogP contribution in [0.5, 0.6) is 0 Å². The zero-order valence-electron chi connectivity index (χ0n) is 8.01. The normalized spacial score (nSPS) is 10.1. The monoisotopic (exact) mass is 192 g/mol. The molecule has 0 bridgehead atoms. The van der Waals surface area contributed by atoms with E-state index in [1.807, 2.05) is 18.0 Å². The van der Waals surface area contributed by atoms with Crippen LogP contribution in [0.25, 0.3) is 0 Å². The summed E-state index contributed by atoms with van der Waals surface area (Å²) in [4.78, 5) is 26.6. The van der Waals surface area contributed by atoms with E-state index in [1.165, 1.54) is 0 Å². The van der Waals surface area contributed by atoms with Crippen molar-refractivity contribution in [2.45, 2.75) is 6.54 Å². The molecule has 14 heavy (non-hydrogen) atoms. The molecule has 0 aliphatic rings. The second kappa shape index (κ2) is 5.24. The van der Waals surface area contributed by atoms with E-state index >= 15 is 0 Å². The van der Waals surface area contributed by atoms with Crippen LogP contribution in [-0.4, -0.2) is 36.0 Å². The van der Waals surface area contributed by atoms with Crippen LogP contribution in [0.4, 0.5) is 0 Å². The molecule has 1 heterocycles. The van der Waals surface area contributed by atoms with Crippen LogP contribution >= 0.6 is 0 Å². The molecule has 0 aromatic carbocycles. The van der Waals surface area contributed by atoms with E-state index in [4.69, 9.17) is 0 Å². The smallest absolute Gasteiger partial charge is 0.168 e. The van der Waals surface area contributed by atoms with Gasteiger partial charge in [0.1, 0.15) is 12.0 Å². The van der Waals surface area contributed by atoms with Crippen LogP contribution < -0.4 is 0 Å². The molecule has 0 aliphatic heterocycles. The van der Waals surface area contributed by atoms with Crippen LogP contribution in [0.15, 0.2) is 18.2 Å². The Morgan fingerprint density at radius 1 is 1.43 bits per heavy atom. The van der Waals surface area contributed by atoms with Gasteiger partial charge in [0.15, 0.2) is 6.29 Å². The molecular weight excluding hydrogens is 180 g/mol. The highest BCUT2D eigenvalue weighted by molar-refractivity contribution is 5.71. The van der Waals surface area contributed by atoms with Gasteiger partial charge in [0.05, 0.1) is 12.2 Å². The van der Waals surface area contributed by atoms with Gasteiger partial charge in [-0.2, -0.15) is 0 Å². The number of aromatic nitrogens is 1. The van der Waals surface area contributed by atoms with Crippen molar-refractivity contribution < 1.29 is 9.59 Å². The van der Waals surface area contributed by atoms with E-state index in [-0.39, 0.29) is 0 Å². The van der Waals surface area contributed by atoms with Crippen molar-refractivity contribution in [3.8, 4) is 0 Å². The second-order valence-electron chi connectivity index (χ2n) is 3.04. The Morgan fingerprint density at radius 3 is 2.86 bits per heavy atom. The summed E-state index contributed by atoms with van der Waals surface area (Å²) in [6.07, 6.45) is 1.55. The first-order chi connectivity index (χ1) is 6.76. The maximum Gasteiger partial charge on any atom is 0.168 e. The molecule has 1 aromatic heterocycles. The number of rotatable bonds is 5. The van der Waals surface area contributed by atoms with Crippen LogP contribution in [0.3, 0.4) is 0 Å². The van der Waals surface area contributed by atoms with Crippen LogP contribution in [0, 0.1) is 0 Å². The minimum Gasteiger partial charge on any atom is -0.302 e. The van der Waals surface area contributed by atoms with Gasteiger partial charge in [-0.15, -0.1) is 0 Å². The summed E-state index contributed by atoms with van der Waals surface area (Å²) < 4.78 is 0. The summed E-state index contributed by atoms with van der Waals surface area (Å²) in [6, 6.07) is 5.26. The van der Waals surface area contributed by atoms with Crippen molar-refractivity contribution in [3.63, 3.8) is 0 Å². The topological polar surface area (TPSA) is 50.3 Å². The van der Waals surface area contributed by atoms with E-state index in [0.29, 0.717) is 25.1 Å². The minimum absolute atomic E-state index is 0.368. The third-order valence-corrected chi connectivity index (χ3v) is 1.77. The van der Waals surface area contributed by atoms with Crippen molar-refractivity contribution in [3.05, 3.63) is 29.6 Å². The van der Waals surface area contributed by atoms with Gasteiger partial charge >= 0.3 is 0 Å².